The quantitative estimate of drug-likeness (QED) is 0.104. The van der Waals surface area contributed by atoms with Gasteiger partial charge in [-0.1, -0.05) is 90.6 Å². The maximum absolute atomic E-state index is 14.7. The summed E-state index contributed by atoms with van der Waals surface area (Å²) in [5.41, 5.74) is -1.25. The lowest BCUT2D eigenvalue weighted by atomic mass is 9.70. The molecule has 5 amide bonds. The minimum atomic E-state index is -1.30. The topological polar surface area (TPSA) is 212 Å². The van der Waals surface area contributed by atoms with Crippen molar-refractivity contribution in [2.24, 2.45) is 17.3 Å². The fourth-order valence-electron chi connectivity index (χ4n) is 7.98. The first-order valence-electron chi connectivity index (χ1n) is 21.4. The summed E-state index contributed by atoms with van der Waals surface area (Å²) in [4.78, 5) is 96.5. The lowest BCUT2D eigenvalue weighted by molar-refractivity contribution is -0.146. The van der Waals surface area contributed by atoms with Crippen molar-refractivity contribution in [2.75, 3.05) is 26.7 Å². The van der Waals surface area contributed by atoms with Crippen LogP contribution in [0.25, 0.3) is 0 Å². The Bertz CT molecular complexity index is 1560. The molecule has 1 aliphatic carbocycles. The third kappa shape index (κ3) is 15.6. The summed E-state index contributed by atoms with van der Waals surface area (Å²) in [5, 5.41) is 24.2. The van der Waals surface area contributed by atoms with E-state index in [-0.39, 0.29) is 37.6 Å². The molecular weight excluding hydrogens is 757 g/mol. The van der Waals surface area contributed by atoms with Gasteiger partial charge in [-0.3, -0.25) is 28.8 Å². The largest absolute Gasteiger partial charge is 0.447 e. The van der Waals surface area contributed by atoms with Crippen LogP contribution in [-0.2, 0) is 33.5 Å². The minimum Gasteiger partial charge on any atom is -0.447 e. The fraction of sp³-hybridized carbons (Fsp3) is 0.705. The molecule has 1 saturated heterocycles. The second-order valence-electron chi connectivity index (χ2n) is 17.1. The zero-order valence-corrected chi connectivity index (χ0v) is 37.1. The van der Waals surface area contributed by atoms with Crippen molar-refractivity contribution in [2.45, 2.75) is 156 Å². The number of amides is 5. The summed E-state index contributed by atoms with van der Waals surface area (Å²) >= 11 is 0. The molecule has 59 heavy (non-hydrogen) atoms. The number of hydrogen-bond donors (Lipinski definition) is 6. The van der Waals surface area contributed by atoms with Gasteiger partial charge in [0.05, 0.1) is 30.8 Å². The number of ketones is 2. The Hall–Kier alpha value is -4.37. The second kappa shape index (κ2) is 24.0. The molecule has 2 fully saturated rings. The zero-order chi connectivity index (χ0) is 44.5. The molecule has 6 atom stereocenters. The summed E-state index contributed by atoms with van der Waals surface area (Å²) in [6, 6.07) is 4.24. The van der Waals surface area contributed by atoms with Crippen molar-refractivity contribution in [3.63, 3.8) is 0 Å². The molecule has 0 spiro atoms. The van der Waals surface area contributed by atoms with E-state index in [9.17, 15) is 38.7 Å². The van der Waals surface area contributed by atoms with Crippen LogP contribution in [0.1, 0.15) is 132 Å². The van der Waals surface area contributed by atoms with Crippen LogP contribution in [-0.4, -0.2) is 108 Å². The number of likely N-dealkylation sites (tertiary alicyclic amines) is 1. The lowest BCUT2D eigenvalue weighted by Gasteiger charge is -2.42. The molecule has 15 heteroatoms. The van der Waals surface area contributed by atoms with E-state index >= 15 is 0 Å². The maximum Gasteiger partial charge on any atom is 0.408 e. The van der Waals surface area contributed by atoms with Crippen LogP contribution >= 0.6 is 0 Å². The fourth-order valence-corrected chi connectivity index (χ4v) is 7.98. The van der Waals surface area contributed by atoms with Crippen LogP contribution in [0.2, 0.25) is 0 Å². The second-order valence-corrected chi connectivity index (χ2v) is 17.1. The van der Waals surface area contributed by atoms with Gasteiger partial charge >= 0.3 is 6.09 Å². The van der Waals surface area contributed by atoms with E-state index in [1.54, 1.807) is 65.1 Å². The van der Waals surface area contributed by atoms with E-state index < -0.39 is 89.3 Å². The van der Waals surface area contributed by atoms with Gasteiger partial charge in [-0.05, 0) is 89.7 Å². The Balaban J connectivity index is 0.00000590. The monoisotopic (exact) mass is 829 g/mol. The summed E-state index contributed by atoms with van der Waals surface area (Å²) in [6.45, 7) is 16.0. The molecule has 0 bridgehead atoms. The van der Waals surface area contributed by atoms with Crippen LogP contribution in [0.3, 0.4) is 0 Å². The van der Waals surface area contributed by atoms with Gasteiger partial charge in [0.15, 0.2) is 5.78 Å². The van der Waals surface area contributed by atoms with Crippen LogP contribution in [0.5, 0.6) is 0 Å². The van der Waals surface area contributed by atoms with Crippen LogP contribution < -0.4 is 26.6 Å². The smallest absolute Gasteiger partial charge is 0.408 e. The number of nitrogens with zero attached hydrogens (tertiary/aromatic N) is 1. The molecule has 3 rings (SSSR count). The predicted molar refractivity (Wildman–Crippen MR) is 226 cm³/mol. The number of Topliss-reactive ketones (excluding diaryl/α,β-unsaturated/α-hetero) is 2. The number of alkyl carbamates (subject to hydrolysis) is 1. The third-order valence-electron chi connectivity index (χ3n) is 11.1. The summed E-state index contributed by atoms with van der Waals surface area (Å²) < 4.78 is 5.38. The number of ether oxygens (including phenoxy) is 1. The normalized spacial score (nSPS) is 19.5. The first kappa shape index (κ1) is 50.8. The van der Waals surface area contributed by atoms with E-state index in [4.69, 9.17) is 4.74 Å². The standard InChI is InChI=1S/C42H66N6O9.C2H6/c1-9-27(4)22-30(35(51)38(53)44-25-32(50)46-33(31(49)24-43-8)28-16-12-10-13-17-28)45-37(52)34-29(23-41(5,6)56)18-21-48(34)39(54)36(47-40(55)57-26(2)3)42(7)19-14-11-15-20-42;1-2/h10,12-13,16-17,26-27,29-30,33-34,36,43,56H,9,11,14-15,18-25H2,1-8H3,(H,44,53)(H,45,52)(H,46,50)(H,47,55);1-2H3/t27?,29-,30?,33?,34?,36?;/m1./s1. The van der Waals surface area contributed by atoms with E-state index in [2.05, 4.69) is 26.6 Å². The molecule has 5 unspecified atom stereocenters. The number of hydrogen-bond acceptors (Lipinski definition) is 10. The van der Waals surface area contributed by atoms with Gasteiger partial charge in [0.2, 0.25) is 23.5 Å². The molecular formula is C44H72N6O9. The molecule has 2 aliphatic rings. The van der Waals surface area contributed by atoms with Gasteiger partial charge in [-0.25, -0.2) is 4.79 Å². The van der Waals surface area contributed by atoms with Crippen LogP contribution in [0.4, 0.5) is 4.79 Å². The Morgan fingerprint density at radius 1 is 0.932 bits per heavy atom. The van der Waals surface area contributed by atoms with Crippen molar-refractivity contribution in [1.29, 1.82) is 0 Å². The number of likely N-dealkylation sites (N-methyl/N-ethyl adjacent to an activating group) is 1. The average Bonchev–Trinajstić information content (AvgIpc) is 3.60. The van der Waals surface area contributed by atoms with Gasteiger partial charge in [0.1, 0.15) is 18.1 Å². The Morgan fingerprint density at radius 3 is 2.12 bits per heavy atom. The van der Waals surface area contributed by atoms with Crippen molar-refractivity contribution in [1.82, 2.24) is 31.5 Å². The van der Waals surface area contributed by atoms with Gasteiger partial charge in [0.25, 0.3) is 5.91 Å². The molecule has 332 valence electrons. The van der Waals surface area contributed by atoms with E-state index in [1.807, 2.05) is 34.6 Å². The maximum atomic E-state index is 14.7. The van der Waals surface area contributed by atoms with Gasteiger partial charge in [0, 0.05) is 6.54 Å². The van der Waals surface area contributed by atoms with E-state index in [1.165, 1.54) is 4.90 Å². The highest BCUT2D eigenvalue weighted by atomic mass is 16.6. The third-order valence-corrected chi connectivity index (χ3v) is 11.1. The van der Waals surface area contributed by atoms with Crippen molar-refractivity contribution >= 4 is 41.3 Å². The molecule has 1 aliphatic heterocycles. The van der Waals surface area contributed by atoms with Gasteiger partial charge in [-0.2, -0.15) is 0 Å². The Labute approximate surface area is 351 Å². The van der Waals surface area contributed by atoms with Gasteiger partial charge < -0.3 is 41.3 Å². The molecule has 1 aromatic rings. The number of carbonyl (C=O) groups excluding carboxylic acids is 7. The summed E-state index contributed by atoms with van der Waals surface area (Å²) in [7, 11) is 1.61. The number of nitrogens with one attached hydrogen (secondary N) is 5. The molecule has 1 aromatic carbocycles. The van der Waals surface area contributed by atoms with Crippen LogP contribution in [0.15, 0.2) is 30.3 Å². The summed E-state index contributed by atoms with van der Waals surface area (Å²) in [6.07, 6.45) is 4.25. The first-order valence-corrected chi connectivity index (χ1v) is 21.4. The molecule has 1 saturated carbocycles. The minimum absolute atomic E-state index is 0.0104. The molecule has 6 N–H and O–H groups in total. The Morgan fingerprint density at radius 2 is 1.56 bits per heavy atom. The van der Waals surface area contributed by atoms with Gasteiger partial charge in [-0.15, -0.1) is 0 Å². The molecule has 15 nitrogen and oxygen atoms in total. The summed E-state index contributed by atoms with van der Waals surface area (Å²) in [5.74, 6) is -4.77. The highest BCUT2D eigenvalue weighted by molar-refractivity contribution is 6.38. The van der Waals surface area contributed by atoms with Crippen molar-refractivity contribution in [3.05, 3.63) is 35.9 Å². The SMILES string of the molecule is CC.CCC(C)CC(NC(=O)C1[C@@H](CC(C)(C)O)CCN1C(=O)C(NC(=O)OC(C)C)C1(C)CCCCC1)C(=O)C(=O)NCC(=O)NC(C(=O)CNC)c1ccccc1. The Kier molecular flexibility index (Phi) is 20.7. The van der Waals surface area contributed by atoms with Crippen molar-refractivity contribution in [3.8, 4) is 0 Å². The molecule has 0 aromatic heterocycles. The first-order chi connectivity index (χ1) is 27.8. The predicted octanol–water partition coefficient (Wildman–Crippen LogP) is 4.12. The number of carbonyl (C=O) groups is 7. The van der Waals surface area contributed by atoms with Crippen LogP contribution in [0, 0.1) is 17.3 Å². The number of rotatable bonds is 20. The number of benzene rings is 1. The number of aliphatic hydroxyl groups is 1. The highest BCUT2D eigenvalue weighted by Gasteiger charge is 2.50. The lowest BCUT2D eigenvalue weighted by Crippen LogP contribution is -2.61. The van der Waals surface area contributed by atoms with Crippen molar-refractivity contribution < 1.29 is 43.4 Å². The highest BCUT2D eigenvalue weighted by Crippen LogP contribution is 2.41. The molecule has 0 radical (unpaired) electrons. The van der Waals surface area contributed by atoms with E-state index in [0.29, 0.717) is 31.2 Å². The average molecular weight is 829 g/mol. The molecule has 1 heterocycles. The van der Waals surface area contributed by atoms with E-state index in [0.717, 1.165) is 19.3 Å². The zero-order valence-electron chi connectivity index (χ0n) is 37.1.